The van der Waals surface area contributed by atoms with Crippen LogP contribution in [0.4, 0.5) is 0 Å². The number of hydrogen-bond donors (Lipinski definition) is 0. The molecule has 0 aliphatic heterocycles. The molecule has 0 saturated heterocycles. The van der Waals surface area contributed by atoms with Gasteiger partial charge in [0.25, 0.3) is 0 Å². The molecule has 0 radical (unpaired) electrons. The molecule has 2 nitrogen and oxygen atoms in total. The molecule has 0 aliphatic carbocycles. The second kappa shape index (κ2) is 11.0. The number of halogens is 1. The Morgan fingerprint density at radius 1 is 1.00 bits per heavy atom. The van der Waals surface area contributed by atoms with Crippen LogP contribution in [0.15, 0.2) is 28.7 Å². The van der Waals surface area contributed by atoms with E-state index in [9.17, 15) is 4.79 Å². The molecule has 112 valence electrons. The van der Waals surface area contributed by atoms with E-state index in [2.05, 4.69) is 22.9 Å². The van der Waals surface area contributed by atoms with Gasteiger partial charge >= 0.3 is 0 Å². The van der Waals surface area contributed by atoms with Gasteiger partial charge in [0, 0.05) is 29.7 Å². The Bertz CT molecular complexity index is 373. The van der Waals surface area contributed by atoms with Gasteiger partial charge in [-0.25, -0.2) is 0 Å². The van der Waals surface area contributed by atoms with Crippen LogP contribution in [0.5, 0.6) is 0 Å². The fourth-order valence-electron chi connectivity index (χ4n) is 2.02. The van der Waals surface area contributed by atoms with E-state index >= 15 is 0 Å². The Morgan fingerprint density at radius 3 is 2.35 bits per heavy atom. The number of ether oxygens (including phenoxy) is 1. The number of carbonyl (C=O) groups excluding carboxylic acids is 1. The quantitative estimate of drug-likeness (QED) is 0.398. The predicted octanol–water partition coefficient (Wildman–Crippen LogP) is 5.40. The van der Waals surface area contributed by atoms with Crippen molar-refractivity contribution >= 4 is 21.7 Å². The molecule has 0 aromatic heterocycles. The van der Waals surface area contributed by atoms with Crippen LogP contribution in [0, 0.1) is 0 Å². The van der Waals surface area contributed by atoms with Gasteiger partial charge in [-0.1, -0.05) is 60.7 Å². The van der Waals surface area contributed by atoms with Crippen molar-refractivity contribution in [3.05, 3.63) is 34.3 Å². The van der Waals surface area contributed by atoms with E-state index < -0.39 is 0 Å². The Kier molecular flexibility index (Phi) is 9.60. The lowest BCUT2D eigenvalue weighted by Gasteiger charge is -2.04. The van der Waals surface area contributed by atoms with Crippen LogP contribution in [0.25, 0.3) is 0 Å². The third kappa shape index (κ3) is 7.81. The van der Waals surface area contributed by atoms with E-state index in [0.29, 0.717) is 13.0 Å². The summed E-state index contributed by atoms with van der Waals surface area (Å²) in [6.45, 7) is 3.74. The molecule has 0 spiro atoms. The summed E-state index contributed by atoms with van der Waals surface area (Å²) in [4.78, 5) is 11.9. The molecule has 0 unspecified atom stereocenters. The maximum absolute atomic E-state index is 11.9. The smallest absolute Gasteiger partial charge is 0.162 e. The third-order valence-electron chi connectivity index (χ3n) is 3.25. The molecule has 1 rings (SSSR count). The van der Waals surface area contributed by atoms with Crippen LogP contribution in [0.1, 0.15) is 62.2 Å². The minimum atomic E-state index is 0.198. The van der Waals surface area contributed by atoms with Crippen molar-refractivity contribution in [2.24, 2.45) is 0 Å². The van der Waals surface area contributed by atoms with Gasteiger partial charge in [0.05, 0.1) is 0 Å². The Labute approximate surface area is 131 Å². The summed E-state index contributed by atoms with van der Waals surface area (Å²) in [6, 6.07) is 7.53. The van der Waals surface area contributed by atoms with Crippen molar-refractivity contribution in [1.82, 2.24) is 0 Å². The number of hydrogen-bond acceptors (Lipinski definition) is 2. The highest BCUT2D eigenvalue weighted by molar-refractivity contribution is 9.10. The van der Waals surface area contributed by atoms with Crippen LogP contribution in [-0.2, 0) is 4.74 Å². The molecular formula is C17H25BrO2. The number of benzene rings is 1. The van der Waals surface area contributed by atoms with Crippen LogP contribution in [0.2, 0.25) is 0 Å². The molecule has 0 amide bonds. The van der Waals surface area contributed by atoms with Gasteiger partial charge in [-0.05, 0) is 25.0 Å². The molecular weight excluding hydrogens is 316 g/mol. The third-order valence-corrected chi connectivity index (χ3v) is 3.78. The highest BCUT2D eigenvalue weighted by atomic mass is 79.9. The van der Waals surface area contributed by atoms with Crippen molar-refractivity contribution in [3.8, 4) is 0 Å². The first kappa shape index (κ1) is 17.4. The molecule has 0 aliphatic rings. The maximum Gasteiger partial charge on any atom is 0.162 e. The molecule has 3 heteroatoms. The number of carbonyl (C=O) groups is 1. The maximum atomic E-state index is 11.9. The molecule has 1 aromatic rings. The van der Waals surface area contributed by atoms with Gasteiger partial charge in [-0.15, -0.1) is 0 Å². The SMILES string of the molecule is CCCCCCCOCCCC(=O)c1ccc(Br)cc1. The van der Waals surface area contributed by atoms with Crippen LogP contribution < -0.4 is 0 Å². The van der Waals surface area contributed by atoms with E-state index in [-0.39, 0.29) is 5.78 Å². The van der Waals surface area contributed by atoms with Crippen molar-refractivity contribution in [2.75, 3.05) is 13.2 Å². The second-order valence-corrected chi connectivity index (χ2v) is 5.98. The van der Waals surface area contributed by atoms with Gasteiger partial charge in [0.2, 0.25) is 0 Å². The number of Topliss-reactive ketones (excluding diaryl/α,β-unsaturated/α-hetero) is 1. The Balaban J connectivity index is 2.01. The van der Waals surface area contributed by atoms with E-state index in [1.54, 1.807) is 0 Å². The number of unbranched alkanes of at least 4 members (excludes halogenated alkanes) is 4. The van der Waals surface area contributed by atoms with E-state index in [1.165, 1.54) is 25.7 Å². The average Bonchev–Trinajstić information content (AvgIpc) is 2.46. The molecule has 0 fully saturated rings. The van der Waals surface area contributed by atoms with Crippen molar-refractivity contribution < 1.29 is 9.53 Å². The largest absolute Gasteiger partial charge is 0.381 e. The summed E-state index contributed by atoms with van der Waals surface area (Å²) in [7, 11) is 0. The zero-order chi connectivity index (χ0) is 14.6. The van der Waals surface area contributed by atoms with Gasteiger partial charge in [-0.3, -0.25) is 4.79 Å². The van der Waals surface area contributed by atoms with Gasteiger partial charge in [-0.2, -0.15) is 0 Å². The second-order valence-electron chi connectivity index (χ2n) is 5.06. The molecule has 20 heavy (non-hydrogen) atoms. The topological polar surface area (TPSA) is 26.3 Å². The molecule has 1 aromatic carbocycles. The summed E-state index contributed by atoms with van der Waals surface area (Å²) in [5.74, 6) is 0.198. The van der Waals surface area contributed by atoms with Crippen LogP contribution in [-0.4, -0.2) is 19.0 Å². The normalized spacial score (nSPS) is 10.7. The number of ketones is 1. The van der Waals surface area contributed by atoms with E-state index in [0.717, 1.165) is 29.5 Å². The predicted molar refractivity (Wildman–Crippen MR) is 87.3 cm³/mol. The lowest BCUT2D eigenvalue weighted by Crippen LogP contribution is -2.03. The molecule has 0 heterocycles. The lowest BCUT2D eigenvalue weighted by atomic mass is 10.1. The summed E-state index contributed by atoms with van der Waals surface area (Å²) in [5, 5.41) is 0. The van der Waals surface area contributed by atoms with E-state index in [1.807, 2.05) is 24.3 Å². The summed E-state index contributed by atoms with van der Waals surface area (Å²) in [6.07, 6.45) is 7.68. The Hall–Kier alpha value is -0.670. The van der Waals surface area contributed by atoms with Gasteiger partial charge < -0.3 is 4.74 Å². The first-order valence-electron chi connectivity index (χ1n) is 7.60. The van der Waals surface area contributed by atoms with Crippen molar-refractivity contribution in [3.63, 3.8) is 0 Å². The van der Waals surface area contributed by atoms with Crippen molar-refractivity contribution in [2.45, 2.75) is 51.9 Å². The van der Waals surface area contributed by atoms with Crippen LogP contribution in [0.3, 0.4) is 0 Å². The summed E-state index contributed by atoms with van der Waals surface area (Å²) >= 11 is 3.37. The first-order chi connectivity index (χ1) is 9.74. The standard InChI is InChI=1S/C17H25BrO2/c1-2-3-4-5-6-13-20-14-7-8-17(19)15-9-11-16(18)12-10-15/h9-12H,2-8,13-14H2,1H3. The summed E-state index contributed by atoms with van der Waals surface area (Å²) < 4.78 is 6.56. The monoisotopic (exact) mass is 340 g/mol. The number of rotatable bonds is 11. The fourth-order valence-corrected chi connectivity index (χ4v) is 2.29. The highest BCUT2D eigenvalue weighted by Gasteiger charge is 2.04. The minimum Gasteiger partial charge on any atom is -0.381 e. The molecule has 0 saturated carbocycles. The van der Waals surface area contributed by atoms with Crippen LogP contribution >= 0.6 is 15.9 Å². The molecule has 0 bridgehead atoms. The Morgan fingerprint density at radius 2 is 1.65 bits per heavy atom. The fraction of sp³-hybridized carbons (Fsp3) is 0.588. The lowest BCUT2D eigenvalue weighted by molar-refractivity contribution is 0.0933. The average molecular weight is 341 g/mol. The molecule has 0 N–H and O–H groups in total. The van der Waals surface area contributed by atoms with Gasteiger partial charge in [0.15, 0.2) is 5.78 Å². The zero-order valence-corrected chi connectivity index (χ0v) is 14.0. The minimum absolute atomic E-state index is 0.198. The van der Waals surface area contributed by atoms with Gasteiger partial charge in [0.1, 0.15) is 0 Å². The first-order valence-corrected chi connectivity index (χ1v) is 8.40. The van der Waals surface area contributed by atoms with E-state index in [4.69, 9.17) is 4.74 Å². The zero-order valence-electron chi connectivity index (χ0n) is 12.4. The highest BCUT2D eigenvalue weighted by Crippen LogP contribution is 2.12. The summed E-state index contributed by atoms with van der Waals surface area (Å²) in [5.41, 5.74) is 0.785. The van der Waals surface area contributed by atoms with Crippen molar-refractivity contribution in [1.29, 1.82) is 0 Å². The molecule has 0 atom stereocenters.